The molecule has 1 aromatic carbocycles. The molecule has 1 aliphatic rings. The molecule has 3 nitrogen and oxygen atoms in total. The lowest BCUT2D eigenvalue weighted by molar-refractivity contribution is 0.260. The second kappa shape index (κ2) is 6.38. The Kier molecular flexibility index (Phi) is 4.83. The number of halogens is 1. The van der Waals surface area contributed by atoms with E-state index in [1.807, 2.05) is 7.05 Å². The van der Waals surface area contributed by atoms with Crippen molar-refractivity contribution in [2.24, 2.45) is 0 Å². The lowest BCUT2D eigenvalue weighted by atomic mass is 10.2. The van der Waals surface area contributed by atoms with Crippen LogP contribution in [0.2, 0.25) is 0 Å². The molecular formula is C13H20BrN3. The van der Waals surface area contributed by atoms with Crippen LogP contribution in [0, 0.1) is 0 Å². The van der Waals surface area contributed by atoms with Crippen LogP contribution in [0.5, 0.6) is 0 Å². The first kappa shape index (κ1) is 12.9. The monoisotopic (exact) mass is 297 g/mol. The van der Waals surface area contributed by atoms with Crippen LogP contribution in [0.25, 0.3) is 0 Å². The summed E-state index contributed by atoms with van der Waals surface area (Å²) in [5.74, 6) is 0. The van der Waals surface area contributed by atoms with Crippen molar-refractivity contribution in [3.8, 4) is 0 Å². The smallest absolute Gasteiger partial charge is 0.0378 e. The molecule has 4 heteroatoms. The minimum atomic E-state index is 1.08. The molecule has 0 saturated carbocycles. The first-order valence-corrected chi connectivity index (χ1v) is 6.96. The average Bonchev–Trinajstić information content (AvgIpc) is 2.37. The fraction of sp³-hybridized carbons (Fsp3) is 0.538. The summed E-state index contributed by atoms with van der Waals surface area (Å²) in [7, 11) is 2.01. The lowest BCUT2D eigenvalue weighted by Gasteiger charge is -2.36. The molecule has 1 heterocycles. The first-order valence-electron chi connectivity index (χ1n) is 6.17. The Bertz CT molecular complexity index is 348. The zero-order valence-corrected chi connectivity index (χ0v) is 11.9. The Morgan fingerprint density at radius 3 is 2.65 bits per heavy atom. The summed E-state index contributed by atoms with van der Waals surface area (Å²) in [6.07, 6.45) is 0. The first-order chi connectivity index (χ1) is 8.29. The SMILES string of the molecule is CNCCN1CCN(c2cccc(Br)c2)CC1. The van der Waals surface area contributed by atoms with Crippen LogP contribution in [0.4, 0.5) is 5.69 Å². The van der Waals surface area contributed by atoms with Crippen molar-refractivity contribution < 1.29 is 0 Å². The molecule has 1 aliphatic heterocycles. The molecule has 1 fully saturated rings. The highest BCUT2D eigenvalue weighted by Gasteiger charge is 2.16. The predicted octanol–water partition coefficient (Wildman–Crippen LogP) is 1.79. The van der Waals surface area contributed by atoms with Crippen LogP contribution in [-0.4, -0.2) is 51.2 Å². The maximum atomic E-state index is 3.53. The standard InChI is InChI=1S/C13H20BrN3/c1-15-5-6-16-7-9-17(10-8-16)13-4-2-3-12(14)11-13/h2-4,11,15H,5-10H2,1H3. The van der Waals surface area contributed by atoms with Gasteiger partial charge in [-0.2, -0.15) is 0 Å². The number of rotatable bonds is 4. The van der Waals surface area contributed by atoms with Gasteiger partial charge < -0.3 is 10.2 Å². The van der Waals surface area contributed by atoms with Gasteiger partial charge >= 0.3 is 0 Å². The Hall–Kier alpha value is -0.580. The summed E-state index contributed by atoms with van der Waals surface area (Å²) >= 11 is 3.53. The molecule has 1 saturated heterocycles. The average molecular weight is 298 g/mol. The summed E-state index contributed by atoms with van der Waals surface area (Å²) in [5.41, 5.74) is 1.33. The fourth-order valence-electron chi connectivity index (χ4n) is 2.17. The second-order valence-corrected chi connectivity index (χ2v) is 5.33. The van der Waals surface area contributed by atoms with Gasteiger partial charge in [0.05, 0.1) is 0 Å². The minimum Gasteiger partial charge on any atom is -0.369 e. The second-order valence-electron chi connectivity index (χ2n) is 4.41. The van der Waals surface area contributed by atoms with Crippen molar-refractivity contribution in [1.82, 2.24) is 10.2 Å². The molecule has 0 atom stereocenters. The van der Waals surface area contributed by atoms with Gasteiger partial charge in [-0.05, 0) is 25.2 Å². The van der Waals surface area contributed by atoms with E-state index < -0.39 is 0 Å². The molecule has 2 rings (SSSR count). The minimum absolute atomic E-state index is 1.08. The van der Waals surface area contributed by atoms with Crippen LogP contribution in [0.15, 0.2) is 28.7 Å². The van der Waals surface area contributed by atoms with Gasteiger partial charge in [0.2, 0.25) is 0 Å². The highest BCUT2D eigenvalue weighted by Crippen LogP contribution is 2.20. The van der Waals surface area contributed by atoms with Gasteiger partial charge in [-0.25, -0.2) is 0 Å². The summed E-state index contributed by atoms with van der Waals surface area (Å²) in [6, 6.07) is 8.57. The molecule has 1 aromatic rings. The van der Waals surface area contributed by atoms with E-state index in [1.54, 1.807) is 0 Å². The van der Waals surface area contributed by atoms with Gasteiger partial charge in [0, 0.05) is 49.4 Å². The Morgan fingerprint density at radius 1 is 1.24 bits per heavy atom. The third-order valence-corrected chi connectivity index (χ3v) is 3.72. The topological polar surface area (TPSA) is 18.5 Å². The number of likely N-dealkylation sites (N-methyl/N-ethyl adjacent to an activating group) is 1. The van der Waals surface area contributed by atoms with Gasteiger partial charge in [0.1, 0.15) is 0 Å². The Morgan fingerprint density at radius 2 is 2.00 bits per heavy atom. The highest BCUT2D eigenvalue weighted by atomic mass is 79.9. The van der Waals surface area contributed by atoms with Gasteiger partial charge in [-0.3, -0.25) is 4.90 Å². The van der Waals surface area contributed by atoms with E-state index in [-0.39, 0.29) is 0 Å². The molecule has 0 aliphatic carbocycles. The molecular weight excluding hydrogens is 278 g/mol. The van der Waals surface area contributed by atoms with E-state index in [9.17, 15) is 0 Å². The molecule has 0 unspecified atom stereocenters. The summed E-state index contributed by atoms with van der Waals surface area (Å²) in [4.78, 5) is 4.98. The molecule has 0 radical (unpaired) electrons. The molecule has 0 bridgehead atoms. The molecule has 0 amide bonds. The van der Waals surface area contributed by atoms with Gasteiger partial charge in [0.25, 0.3) is 0 Å². The third-order valence-electron chi connectivity index (χ3n) is 3.22. The van der Waals surface area contributed by atoms with E-state index in [0.29, 0.717) is 0 Å². The van der Waals surface area contributed by atoms with E-state index in [2.05, 4.69) is 55.3 Å². The number of hydrogen-bond acceptors (Lipinski definition) is 3. The number of benzene rings is 1. The van der Waals surface area contributed by atoms with Crippen LogP contribution in [0.1, 0.15) is 0 Å². The molecule has 0 spiro atoms. The molecule has 1 N–H and O–H groups in total. The third kappa shape index (κ3) is 3.69. The Balaban J connectivity index is 1.86. The van der Waals surface area contributed by atoms with Crippen LogP contribution < -0.4 is 10.2 Å². The van der Waals surface area contributed by atoms with Gasteiger partial charge in [-0.15, -0.1) is 0 Å². The lowest BCUT2D eigenvalue weighted by Crippen LogP contribution is -2.48. The van der Waals surface area contributed by atoms with Crippen molar-refractivity contribution >= 4 is 21.6 Å². The van der Waals surface area contributed by atoms with Crippen LogP contribution in [-0.2, 0) is 0 Å². The zero-order chi connectivity index (χ0) is 12.1. The highest BCUT2D eigenvalue weighted by molar-refractivity contribution is 9.10. The van der Waals surface area contributed by atoms with Gasteiger partial charge in [0.15, 0.2) is 0 Å². The number of hydrogen-bond donors (Lipinski definition) is 1. The summed E-state index contributed by atoms with van der Waals surface area (Å²) in [6.45, 7) is 6.81. The summed E-state index contributed by atoms with van der Waals surface area (Å²) < 4.78 is 1.16. The maximum Gasteiger partial charge on any atom is 0.0378 e. The molecule has 0 aromatic heterocycles. The molecule has 17 heavy (non-hydrogen) atoms. The zero-order valence-electron chi connectivity index (χ0n) is 10.3. The van der Waals surface area contributed by atoms with E-state index >= 15 is 0 Å². The van der Waals surface area contributed by atoms with Crippen molar-refractivity contribution in [2.75, 3.05) is 51.2 Å². The predicted molar refractivity (Wildman–Crippen MR) is 76.7 cm³/mol. The van der Waals surface area contributed by atoms with Crippen molar-refractivity contribution in [2.45, 2.75) is 0 Å². The fourth-order valence-corrected chi connectivity index (χ4v) is 2.56. The quantitative estimate of drug-likeness (QED) is 0.914. The van der Waals surface area contributed by atoms with Crippen LogP contribution in [0.3, 0.4) is 0 Å². The molecule has 94 valence electrons. The summed E-state index contributed by atoms with van der Waals surface area (Å²) in [5, 5.41) is 3.20. The normalized spacial score (nSPS) is 17.4. The number of nitrogens with one attached hydrogen (secondary N) is 1. The van der Waals surface area contributed by atoms with E-state index in [4.69, 9.17) is 0 Å². The number of nitrogens with zero attached hydrogens (tertiary/aromatic N) is 2. The van der Waals surface area contributed by atoms with Gasteiger partial charge in [-0.1, -0.05) is 22.0 Å². The largest absolute Gasteiger partial charge is 0.369 e. The van der Waals surface area contributed by atoms with E-state index in [0.717, 1.165) is 43.7 Å². The number of piperazine rings is 1. The van der Waals surface area contributed by atoms with Crippen molar-refractivity contribution in [1.29, 1.82) is 0 Å². The Labute approximate surface area is 112 Å². The van der Waals surface area contributed by atoms with Crippen molar-refractivity contribution in [3.63, 3.8) is 0 Å². The number of anilines is 1. The van der Waals surface area contributed by atoms with E-state index in [1.165, 1.54) is 5.69 Å². The van der Waals surface area contributed by atoms with Crippen molar-refractivity contribution in [3.05, 3.63) is 28.7 Å². The maximum absolute atomic E-state index is 3.53. The van der Waals surface area contributed by atoms with Crippen LogP contribution >= 0.6 is 15.9 Å².